The van der Waals surface area contributed by atoms with Gasteiger partial charge in [0, 0.05) is 0 Å². The Hall–Kier alpha value is -1.03. The summed E-state index contributed by atoms with van der Waals surface area (Å²) in [6.45, 7) is -1.22. The Labute approximate surface area is 74.1 Å². The third-order valence-corrected chi connectivity index (χ3v) is 1.32. The van der Waals surface area contributed by atoms with Gasteiger partial charge >= 0.3 is 6.18 Å². The minimum Gasteiger partial charge on any atom is -0.367 e. The van der Waals surface area contributed by atoms with Crippen LogP contribution in [0.5, 0.6) is 0 Å². The number of hydrogen-bond acceptors (Lipinski definition) is 1. The van der Waals surface area contributed by atoms with Gasteiger partial charge in [0.15, 0.2) is 0 Å². The fourth-order valence-electron chi connectivity index (χ4n) is 0.802. The maximum atomic E-state index is 11.6. The first-order valence-corrected chi connectivity index (χ1v) is 3.67. The molecule has 0 atom stereocenters. The van der Waals surface area contributed by atoms with E-state index < -0.39 is 12.8 Å². The first-order valence-electron chi connectivity index (χ1n) is 3.67. The normalized spacial score (nSPS) is 11.6. The van der Waals surface area contributed by atoms with Crippen LogP contribution in [0.4, 0.5) is 13.2 Å². The zero-order valence-corrected chi connectivity index (χ0v) is 6.77. The lowest BCUT2D eigenvalue weighted by atomic mass is 10.2. The largest absolute Gasteiger partial charge is 0.411 e. The number of rotatable bonds is 3. The van der Waals surface area contributed by atoms with Crippen LogP contribution in [0, 0.1) is 6.07 Å². The smallest absolute Gasteiger partial charge is 0.367 e. The Balaban J connectivity index is 2.29. The molecule has 0 fully saturated rings. The fraction of sp³-hybridized carbons (Fsp3) is 0.333. The summed E-state index contributed by atoms with van der Waals surface area (Å²) in [5.74, 6) is 0. The van der Waals surface area contributed by atoms with Crippen molar-refractivity contribution in [2.24, 2.45) is 0 Å². The summed E-state index contributed by atoms with van der Waals surface area (Å²) in [6, 6.07) is 9.35. The van der Waals surface area contributed by atoms with Gasteiger partial charge in [-0.15, -0.1) is 0 Å². The molecule has 4 heteroatoms. The Morgan fingerprint density at radius 2 is 1.85 bits per heavy atom. The monoisotopic (exact) mass is 189 g/mol. The standard InChI is InChI=1S/C9H8F3O/c10-9(11,12)7-13-6-8-4-2-1-3-5-8/h2-5H,6-7H2. The molecular weight excluding hydrogens is 181 g/mol. The molecule has 0 aromatic heterocycles. The molecule has 0 saturated carbocycles. The summed E-state index contributed by atoms with van der Waals surface area (Å²) < 4.78 is 39.3. The molecular formula is C9H8F3O. The van der Waals surface area contributed by atoms with Crippen molar-refractivity contribution in [3.63, 3.8) is 0 Å². The summed E-state index contributed by atoms with van der Waals surface area (Å²) in [4.78, 5) is 0. The first kappa shape index (κ1) is 10.1. The van der Waals surface area contributed by atoms with Crippen molar-refractivity contribution in [2.45, 2.75) is 12.8 Å². The fourth-order valence-corrected chi connectivity index (χ4v) is 0.802. The van der Waals surface area contributed by atoms with Crippen LogP contribution < -0.4 is 0 Å². The number of alkyl halides is 3. The lowest BCUT2D eigenvalue weighted by molar-refractivity contribution is -0.176. The second kappa shape index (κ2) is 4.28. The second-order valence-electron chi connectivity index (χ2n) is 2.52. The van der Waals surface area contributed by atoms with Crippen molar-refractivity contribution in [3.8, 4) is 0 Å². The zero-order chi connectivity index (χ0) is 9.73. The van der Waals surface area contributed by atoms with Crippen molar-refractivity contribution >= 4 is 0 Å². The Morgan fingerprint density at radius 1 is 1.23 bits per heavy atom. The van der Waals surface area contributed by atoms with Crippen molar-refractivity contribution in [1.29, 1.82) is 0 Å². The van der Waals surface area contributed by atoms with Gasteiger partial charge in [-0.05, 0) is 11.6 Å². The summed E-state index contributed by atoms with van der Waals surface area (Å²) >= 11 is 0. The highest BCUT2D eigenvalue weighted by atomic mass is 19.4. The van der Waals surface area contributed by atoms with E-state index in [0.29, 0.717) is 5.56 Å². The summed E-state index contributed by atoms with van der Waals surface area (Å²) in [5, 5.41) is 0. The maximum Gasteiger partial charge on any atom is 0.411 e. The van der Waals surface area contributed by atoms with Gasteiger partial charge in [0.05, 0.1) is 6.61 Å². The maximum absolute atomic E-state index is 11.6. The zero-order valence-electron chi connectivity index (χ0n) is 6.77. The van der Waals surface area contributed by atoms with Crippen LogP contribution in [-0.2, 0) is 11.3 Å². The number of ether oxygens (including phenoxy) is 1. The number of halogens is 3. The van der Waals surface area contributed by atoms with Crippen molar-refractivity contribution in [3.05, 3.63) is 35.9 Å². The van der Waals surface area contributed by atoms with E-state index >= 15 is 0 Å². The minimum absolute atomic E-state index is 0.0197. The lowest BCUT2D eigenvalue weighted by Crippen LogP contribution is -2.16. The Bertz CT molecular complexity index is 243. The molecule has 1 radical (unpaired) electrons. The van der Waals surface area contributed by atoms with Crippen LogP contribution in [0.3, 0.4) is 0 Å². The molecule has 0 amide bonds. The van der Waals surface area contributed by atoms with Gasteiger partial charge < -0.3 is 4.74 Å². The van der Waals surface area contributed by atoms with Gasteiger partial charge in [-0.25, -0.2) is 0 Å². The average Bonchev–Trinajstić information content (AvgIpc) is 2.04. The van der Waals surface area contributed by atoms with Crippen LogP contribution in [-0.4, -0.2) is 12.8 Å². The molecule has 1 nitrogen and oxygen atoms in total. The van der Waals surface area contributed by atoms with Gasteiger partial charge in [-0.1, -0.05) is 24.3 Å². The lowest BCUT2D eigenvalue weighted by Gasteiger charge is -2.06. The number of hydrogen-bond donors (Lipinski definition) is 0. The van der Waals surface area contributed by atoms with E-state index in [9.17, 15) is 13.2 Å². The van der Waals surface area contributed by atoms with E-state index in [1.54, 1.807) is 24.3 Å². The van der Waals surface area contributed by atoms with Crippen LogP contribution in [0.1, 0.15) is 5.56 Å². The van der Waals surface area contributed by atoms with E-state index in [1.807, 2.05) is 0 Å². The van der Waals surface area contributed by atoms with Gasteiger partial charge in [-0.3, -0.25) is 0 Å². The third kappa shape index (κ3) is 4.52. The second-order valence-corrected chi connectivity index (χ2v) is 2.52. The highest BCUT2D eigenvalue weighted by molar-refractivity contribution is 5.12. The van der Waals surface area contributed by atoms with E-state index in [1.165, 1.54) is 0 Å². The van der Waals surface area contributed by atoms with Crippen LogP contribution >= 0.6 is 0 Å². The molecule has 13 heavy (non-hydrogen) atoms. The van der Waals surface area contributed by atoms with Crippen LogP contribution in [0.2, 0.25) is 0 Å². The predicted octanol–water partition coefficient (Wildman–Crippen LogP) is 2.57. The Morgan fingerprint density at radius 3 is 2.38 bits per heavy atom. The van der Waals surface area contributed by atoms with Crippen molar-refractivity contribution in [2.75, 3.05) is 6.61 Å². The molecule has 0 bridgehead atoms. The molecule has 0 unspecified atom stereocenters. The van der Waals surface area contributed by atoms with Crippen LogP contribution in [0.25, 0.3) is 0 Å². The quantitative estimate of drug-likeness (QED) is 0.710. The molecule has 0 aliphatic rings. The van der Waals surface area contributed by atoms with Gasteiger partial charge in [-0.2, -0.15) is 13.2 Å². The molecule has 71 valence electrons. The van der Waals surface area contributed by atoms with E-state index in [4.69, 9.17) is 0 Å². The summed E-state index contributed by atoms with van der Waals surface area (Å²) in [5.41, 5.74) is 0.711. The van der Waals surface area contributed by atoms with Crippen molar-refractivity contribution < 1.29 is 17.9 Å². The predicted molar refractivity (Wildman–Crippen MR) is 41.0 cm³/mol. The molecule has 0 spiro atoms. The topological polar surface area (TPSA) is 9.23 Å². The molecule has 1 rings (SSSR count). The molecule has 0 aliphatic heterocycles. The van der Waals surface area contributed by atoms with Crippen molar-refractivity contribution in [1.82, 2.24) is 0 Å². The molecule has 1 aromatic rings. The molecule has 0 N–H and O–H groups in total. The minimum atomic E-state index is -4.25. The molecule has 1 aromatic carbocycles. The third-order valence-electron chi connectivity index (χ3n) is 1.32. The van der Waals surface area contributed by atoms with Gasteiger partial charge in [0.1, 0.15) is 6.61 Å². The van der Waals surface area contributed by atoms with E-state index in [2.05, 4.69) is 10.8 Å². The summed E-state index contributed by atoms with van der Waals surface area (Å²) in [6.07, 6.45) is -4.25. The Kier molecular flexibility index (Phi) is 3.31. The summed E-state index contributed by atoms with van der Waals surface area (Å²) in [7, 11) is 0. The first-order chi connectivity index (χ1) is 6.08. The number of benzene rings is 1. The molecule has 0 aliphatic carbocycles. The molecule has 0 saturated heterocycles. The van der Waals surface area contributed by atoms with E-state index in [-0.39, 0.29) is 6.61 Å². The average molecular weight is 189 g/mol. The van der Waals surface area contributed by atoms with Crippen LogP contribution in [0.15, 0.2) is 24.3 Å². The molecule has 0 heterocycles. The van der Waals surface area contributed by atoms with E-state index in [0.717, 1.165) is 0 Å². The highest BCUT2D eigenvalue weighted by Gasteiger charge is 2.27. The van der Waals surface area contributed by atoms with Gasteiger partial charge in [0.25, 0.3) is 0 Å². The SMILES string of the molecule is FC(F)(F)COCc1cc[c]cc1. The highest BCUT2D eigenvalue weighted by Crippen LogP contribution is 2.15. The van der Waals surface area contributed by atoms with Gasteiger partial charge in [0.2, 0.25) is 0 Å².